The summed E-state index contributed by atoms with van der Waals surface area (Å²) in [5, 5.41) is 0. The van der Waals surface area contributed by atoms with Crippen LogP contribution in [-0.2, 0) is 20.9 Å². The third-order valence-electron chi connectivity index (χ3n) is 0.788. The van der Waals surface area contributed by atoms with Crippen molar-refractivity contribution in [3.8, 4) is 0 Å². The summed E-state index contributed by atoms with van der Waals surface area (Å²) in [6, 6.07) is 0.582. The Morgan fingerprint density at radius 1 is 1.83 bits per heavy atom. The van der Waals surface area contributed by atoms with Crippen molar-refractivity contribution >= 4 is 0 Å². The molecule has 0 saturated carbocycles. The number of rotatable bonds is 2. The molecule has 0 N–H and O–H groups in total. The zero-order chi connectivity index (χ0) is 4.99. The summed E-state index contributed by atoms with van der Waals surface area (Å²) < 4.78 is 4.06. The van der Waals surface area contributed by atoms with E-state index >= 15 is 0 Å². The second-order valence-corrected chi connectivity index (χ2v) is 1.94. The Morgan fingerprint density at radius 2 is 2.33 bits per heavy atom. The second-order valence-electron chi connectivity index (χ2n) is 1.37. The maximum atomic E-state index is 4.06. The zero-order valence-corrected chi connectivity index (χ0v) is 6.38. The molecule has 1 atom stereocenters. The van der Waals surface area contributed by atoms with Gasteiger partial charge in [0.15, 0.2) is 0 Å². The Hall–Kier alpha value is 0.540. The number of nitrogens with zero attached hydrogens (tertiary/aromatic N) is 1. The number of hydrogen-bond donors (Lipinski definition) is 0. The molecular formula is C4H9NNb. The quantitative estimate of drug-likeness (QED) is 0.548. The Balaban J connectivity index is 2.96. The average Bonchev–Trinajstić information content (AvgIpc) is 1.65. The van der Waals surface area contributed by atoms with Crippen molar-refractivity contribution in [3.63, 3.8) is 0 Å². The molecule has 0 aromatic carbocycles. The standard InChI is InChI=1S/C4H9N.Nb/c1-3-4(2)5;/h4H,3H2,1-2H3;. The van der Waals surface area contributed by atoms with E-state index in [0.717, 1.165) is 0 Å². The van der Waals surface area contributed by atoms with E-state index in [4.69, 9.17) is 0 Å². The van der Waals surface area contributed by atoms with Gasteiger partial charge in [0.05, 0.1) is 0 Å². The van der Waals surface area contributed by atoms with Crippen LogP contribution in [0, 0.1) is 0 Å². The van der Waals surface area contributed by atoms with Gasteiger partial charge in [-0.25, -0.2) is 0 Å². The molecule has 0 heterocycles. The van der Waals surface area contributed by atoms with Gasteiger partial charge in [0, 0.05) is 0 Å². The first-order valence-corrected chi connectivity index (χ1v) is 3.13. The van der Waals surface area contributed by atoms with E-state index in [9.17, 15) is 0 Å². The van der Waals surface area contributed by atoms with Crippen molar-refractivity contribution in [1.82, 2.24) is 0 Å². The molecule has 0 aromatic rings. The van der Waals surface area contributed by atoms with E-state index < -0.39 is 0 Å². The number of hydrogen-bond acceptors (Lipinski definition) is 1. The molecule has 0 fully saturated rings. The van der Waals surface area contributed by atoms with Crippen molar-refractivity contribution in [1.29, 1.82) is 0 Å². The summed E-state index contributed by atoms with van der Waals surface area (Å²) in [6.45, 7) is 4.27. The maximum absolute atomic E-state index is 4.06. The average molecular weight is 164 g/mol. The summed E-state index contributed by atoms with van der Waals surface area (Å²) >= 11 is 1.55. The van der Waals surface area contributed by atoms with Crippen molar-refractivity contribution in [2.75, 3.05) is 0 Å². The summed E-state index contributed by atoms with van der Waals surface area (Å²) in [6.07, 6.45) is 1.18. The third kappa shape index (κ3) is 2.76. The fourth-order valence-electron chi connectivity index (χ4n) is 0.0816. The Bertz CT molecular complexity index is 44.8. The van der Waals surface area contributed by atoms with Crippen molar-refractivity contribution in [2.45, 2.75) is 26.3 Å². The first-order chi connectivity index (χ1) is 2.81. The van der Waals surface area contributed by atoms with Crippen molar-refractivity contribution < 1.29 is 20.9 Å². The first-order valence-electron chi connectivity index (χ1n) is 2.15. The molecule has 0 aliphatic rings. The SMILES string of the molecule is CCC(C)[N]=[Nb]. The monoisotopic (exact) mass is 164 g/mol. The van der Waals surface area contributed by atoms with Crippen LogP contribution in [0.3, 0.4) is 0 Å². The van der Waals surface area contributed by atoms with Crippen molar-refractivity contribution in [2.24, 2.45) is 3.34 Å². The molecule has 35 valence electrons. The zero-order valence-electron chi connectivity index (χ0n) is 4.18. The van der Waals surface area contributed by atoms with Crippen LogP contribution in [0.4, 0.5) is 0 Å². The molecule has 1 unspecified atom stereocenters. The molecule has 1 nitrogen and oxygen atoms in total. The van der Waals surface area contributed by atoms with Crippen LogP contribution >= 0.6 is 0 Å². The molecule has 0 aromatic heterocycles. The summed E-state index contributed by atoms with van der Waals surface area (Å²) in [5.41, 5.74) is 0. The van der Waals surface area contributed by atoms with Crippen LogP contribution < -0.4 is 0 Å². The van der Waals surface area contributed by atoms with Gasteiger partial charge in [-0.1, -0.05) is 0 Å². The van der Waals surface area contributed by atoms with Crippen LogP contribution in [0.15, 0.2) is 3.34 Å². The van der Waals surface area contributed by atoms with Gasteiger partial charge < -0.3 is 0 Å². The molecule has 2 heteroatoms. The molecule has 0 aliphatic carbocycles. The van der Waals surface area contributed by atoms with E-state index in [2.05, 4.69) is 17.2 Å². The molecule has 6 heavy (non-hydrogen) atoms. The molecule has 0 radical (unpaired) electrons. The van der Waals surface area contributed by atoms with Gasteiger partial charge in [0.1, 0.15) is 0 Å². The molecule has 0 spiro atoms. The molecular weight excluding hydrogens is 155 g/mol. The summed E-state index contributed by atoms with van der Waals surface area (Å²) in [7, 11) is 0. The van der Waals surface area contributed by atoms with Crippen LogP contribution in [0.2, 0.25) is 0 Å². The molecule has 0 rings (SSSR count). The topological polar surface area (TPSA) is 12.4 Å². The van der Waals surface area contributed by atoms with Gasteiger partial charge in [0.25, 0.3) is 0 Å². The van der Waals surface area contributed by atoms with E-state index in [-0.39, 0.29) is 0 Å². The van der Waals surface area contributed by atoms with Gasteiger partial charge in [-0.15, -0.1) is 0 Å². The minimum atomic E-state index is 0.582. The van der Waals surface area contributed by atoms with Gasteiger partial charge >= 0.3 is 50.5 Å². The second kappa shape index (κ2) is 3.72. The van der Waals surface area contributed by atoms with Gasteiger partial charge in [-0.05, 0) is 0 Å². The van der Waals surface area contributed by atoms with Crippen molar-refractivity contribution in [3.05, 3.63) is 0 Å². The van der Waals surface area contributed by atoms with Gasteiger partial charge in [0.2, 0.25) is 0 Å². The normalized spacial score (nSPS) is 13.5. The predicted molar refractivity (Wildman–Crippen MR) is 22.2 cm³/mol. The first kappa shape index (κ1) is 6.54. The van der Waals surface area contributed by atoms with Gasteiger partial charge in [-0.2, -0.15) is 0 Å². The van der Waals surface area contributed by atoms with Gasteiger partial charge in [-0.3, -0.25) is 0 Å². The fraction of sp³-hybridized carbons (Fsp3) is 1.00. The molecule has 0 saturated heterocycles. The molecule has 0 amide bonds. The van der Waals surface area contributed by atoms with E-state index in [1.165, 1.54) is 6.42 Å². The van der Waals surface area contributed by atoms with E-state index in [1.54, 1.807) is 20.9 Å². The summed E-state index contributed by atoms with van der Waals surface area (Å²) in [4.78, 5) is 0. The Morgan fingerprint density at radius 3 is 2.33 bits per heavy atom. The summed E-state index contributed by atoms with van der Waals surface area (Å²) in [5.74, 6) is 0. The van der Waals surface area contributed by atoms with Crippen LogP contribution in [0.5, 0.6) is 0 Å². The Labute approximate surface area is 50.9 Å². The molecule has 0 aliphatic heterocycles. The van der Waals surface area contributed by atoms with E-state index in [1.807, 2.05) is 0 Å². The molecule has 0 bridgehead atoms. The van der Waals surface area contributed by atoms with Crippen LogP contribution in [0.1, 0.15) is 20.3 Å². The predicted octanol–water partition coefficient (Wildman–Crippen LogP) is 1.52. The Kier molecular flexibility index (Phi) is 4.06. The third-order valence-corrected chi connectivity index (χ3v) is 1.76. The van der Waals surface area contributed by atoms with Crippen LogP contribution in [0.25, 0.3) is 0 Å². The van der Waals surface area contributed by atoms with Crippen LogP contribution in [-0.4, -0.2) is 6.04 Å². The fourth-order valence-corrected chi connectivity index (χ4v) is 0.483. The minimum absolute atomic E-state index is 0.582. The van der Waals surface area contributed by atoms with E-state index in [0.29, 0.717) is 6.04 Å².